The highest BCUT2D eigenvalue weighted by Gasteiger charge is 2.27. The molecule has 17 heavy (non-hydrogen) atoms. The largest absolute Gasteiger partial charge is 0.347 e. The van der Waals surface area contributed by atoms with Gasteiger partial charge in [0.1, 0.15) is 0 Å². The van der Waals surface area contributed by atoms with Crippen molar-refractivity contribution in [2.45, 2.75) is 40.0 Å². The number of nitrogens with one attached hydrogen (secondary N) is 1. The second kappa shape index (κ2) is 5.06. The lowest BCUT2D eigenvalue weighted by atomic mass is 9.77. The van der Waals surface area contributed by atoms with Crippen molar-refractivity contribution in [3.63, 3.8) is 0 Å². The second-order valence-corrected chi connectivity index (χ2v) is 7.52. The average Bonchev–Trinajstić information content (AvgIpc) is 2.53. The number of anilines is 1. The summed E-state index contributed by atoms with van der Waals surface area (Å²) in [6, 6.07) is 0. The highest BCUT2D eigenvalue weighted by molar-refractivity contribution is 7.73. The van der Waals surface area contributed by atoms with Gasteiger partial charge in [-0.3, -0.25) is 5.10 Å². The summed E-state index contributed by atoms with van der Waals surface area (Å²) in [6.07, 6.45) is 3.85. The summed E-state index contributed by atoms with van der Waals surface area (Å²) in [6.45, 7) is 9.28. The van der Waals surface area contributed by atoms with Crippen LogP contribution in [-0.4, -0.2) is 23.3 Å². The van der Waals surface area contributed by atoms with Crippen LogP contribution < -0.4 is 4.90 Å². The van der Waals surface area contributed by atoms with Crippen LogP contribution in [0.25, 0.3) is 0 Å². The Hall–Kier alpha value is -0.420. The Morgan fingerprint density at radius 2 is 2.12 bits per heavy atom. The summed E-state index contributed by atoms with van der Waals surface area (Å²) in [4.78, 5) is 2.38. The molecular weight excluding hydrogens is 250 g/mol. The summed E-state index contributed by atoms with van der Waals surface area (Å²) < 4.78 is 0.775. The average molecular weight is 271 g/mol. The van der Waals surface area contributed by atoms with E-state index >= 15 is 0 Å². The fraction of sp³-hybridized carbons (Fsp3) is 0.833. The molecule has 3 nitrogen and oxygen atoms in total. The lowest BCUT2D eigenvalue weighted by molar-refractivity contribution is 0.220. The van der Waals surface area contributed by atoms with Crippen molar-refractivity contribution in [3.8, 4) is 0 Å². The third-order valence-corrected chi connectivity index (χ3v) is 4.80. The zero-order chi connectivity index (χ0) is 12.5. The third kappa shape index (κ3) is 3.28. The lowest BCUT2D eigenvalue weighted by Gasteiger charge is -2.29. The van der Waals surface area contributed by atoms with Gasteiger partial charge in [-0.2, -0.15) is 0 Å². The monoisotopic (exact) mass is 271 g/mol. The minimum Gasteiger partial charge on any atom is -0.347 e. The first-order valence-electron chi connectivity index (χ1n) is 6.27. The van der Waals surface area contributed by atoms with Gasteiger partial charge in [0.2, 0.25) is 5.13 Å². The number of H-pyrrole nitrogens is 1. The lowest BCUT2D eigenvalue weighted by Crippen LogP contribution is -2.25. The molecule has 1 aliphatic rings. The molecule has 0 amide bonds. The number of nitrogens with zero attached hydrogens (tertiary/aromatic N) is 2. The first-order chi connectivity index (χ1) is 7.97. The Labute approximate surface area is 112 Å². The van der Waals surface area contributed by atoms with Crippen LogP contribution in [0.1, 0.15) is 40.0 Å². The predicted molar refractivity (Wildman–Crippen MR) is 76.3 cm³/mol. The third-order valence-electron chi connectivity index (χ3n) is 3.65. The molecule has 0 saturated carbocycles. The van der Waals surface area contributed by atoms with Crippen LogP contribution in [0.15, 0.2) is 0 Å². The Morgan fingerprint density at radius 3 is 2.71 bits per heavy atom. The maximum absolute atomic E-state index is 5.09. The normalized spacial score (nSPS) is 22.5. The SMILES string of the molecule is CC(C)(C)C1CCCN(c2n[nH]c(=S)s2)CC1. The molecule has 0 aliphatic carbocycles. The van der Waals surface area contributed by atoms with Gasteiger partial charge in [-0.05, 0) is 42.8 Å². The van der Waals surface area contributed by atoms with Crippen LogP contribution in [0, 0.1) is 15.3 Å². The fourth-order valence-electron chi connectivity index (χ4n) is 2.51. The number of hydrogen-bond donors (Lipinski definition) is 1. The Morgan fingerprint density at radius 1 is 1.35 bits per heavy atom. The summed E-state index contributed by atoms with van der Waals surface area (Å²) in [5.41, 5.74) is 0.425. The van der Waals surface area contributed by atoms with Gasteiger partial charge < -0.3 is 4.90 Å². The van der Waals surface area contributed by atoms with E-state index in [1.165, 1.54) is 19.3 Å². The van der Waals surface area contributed by atoms with Gasteiger partial charge in [0.15, 0.2) is 3.95 Å². The molecular formula is C12H21N3S2. The molecule has 1 unspecified atom stereocenters. The van der Waals surface area contributed by atoms with E-state index in [0.717, 1.165) is 28.1 Å². The zero-order valence-corrected chi connectivity index (χ0v) is 12.5. The molecule has 2 heterocycles. The fourth-order valence-corrected chi connectivity index (χ4v) is 3.44. The van der Waals surface area contributed by atoms with Crippen LogP contribution in [0.5, 0.6) is 0 Å². The molecule has 1 saturated heterocycles. The van der Waals surface area contributed by atoms with Gasteiger partial charge in [0.25, 0.3) is 0 Å². The first-order valence-corrected chi connectivity index (χ1v) is 7.50. The zero-order valence-electron chi connectivity index (χ0n) is 10.8. The van der Waals surface area contributed by atoms with Crippen molar-refractivity contribution in [2.75, 3.05) is 18.0 Å². The van der Waals surface area contributed by atoms with Crippen molar-refractivity contribution < 1.29 is 0 Å². The second-order valence-electron chi connectivity index (χ2n) is 5.88. The maximum atomic E-state index is 5.09. The molecule has 2 rings (SSSR count). The van der Waals surface area contributed by atoms with Gasteiger partial charge in [0.05, 0.1) is 0 Å². The van der Waals surface area contributed by atoms with Crippen molar-refractivity contribution in [3.05, 3.63) is 3.95 Å². The van der Waals surface area contributed by atoms with Crippen LogP contribution in [0.2, 0.25) is 0 Å². The molecule has 5 heteroatoms. The topological polar surface area (TPSA) is 31.9 Å². The van der Waals surface area contributed by atoms with E-state index in [-0.39, 0.29) is 0 Å². The van der Waals surface area contributed by atoms with E-state index in [0.29, 0.717) is 5.41 Å². The van der Waals surface area contributed by atoms with Crippen molar-refractivity contribution >= 4 is 28.7 Å². The van der Waals surface area contributed by atoms with E-state index < -0.39 is 0 Å². The van der Waals surface area contributed by atoms with Crippen LogP contribution in [0.3, 0.4) is 0 Å². The molecule has 1 aromatic rings. The quantitative estimate of drug-likeness (QED) is 0.787. The smallest absolute Gasteiger partial charge is 0.206 e. The van der Waals surface area contributed by atoms with Crippen molar-refractivity contribution in [1.29, 1.82) is 0 Å². The van der Waals surface area contributed by atoms with Gasteiger partial charge in [0, 0.05) is 13.1 Å². The van der Waals surface area contributed by atoms with Gasteiger partial charge in [-0.1, -0.05) is 32.1 Å². The molecule has 0 bridgehead atoms. The van der Waals surface area contributed by atoms with Crippen LogP contribution in [0.4, 0.5) is 5.13 Å². The molecule has 0 radical (unpaired) electrons. The van der Waals surface area contributed by atoms with E-state index in [9.17, 15) is 0 Å². The number of aromatic nitrogens is 2. The Bertz CT molecular complexity index is 416. The van der Waals surface area contributed by atoms with E-state index in [1.54, 1.807) is 11.3 Å². The summed E-state index contributed by atoms with van der Waals surface area (Å²) >= 11 is 6.68. The minimum atomic E-state index is 0.425. The Balaban J connectivity index is 2.03. The van der Waals surface area contributed by atoms with E-state index in [4.69, 9.17) is 12.2 Å². The van der Waals surface area contributed by atoms with E-state index in [2.05, 4.69) is 35.9 Å². The standard InChI is InChI=1S/C12H21N3S2/c1-12(2,3)9-5-4-7-15(8-6-9)10-13-14-11(16)17-10/h9H,4-8H2,1-3H3,(H,14,16). The molecule has 1 atom stereocenters. The minimum absolute atomic E-state index is 0.425. The van der Waals surface area contributed by atoms with Crippen molar-refractivity contribution in [2.24, 2.45) is 11.3 Å². The van der Waals surface area contributed by atoms with Gasteiger partial charge in [-0.15, -0.1) is 5.10 Å². The Kier molecular flexibility index (Phi) is 3.88. The van der Waals surface area contributed by atoms with Crippen molar-refractivity contribution in [1.82, 2.24) is 10.2 Å². The maximum Gasteiger partial charge on any atom is 0.206 e. The van der Waals surface area contributed by atoms with Crippen LogP contribution >= 0.6 is 23.6 Å². The van der Waals surface area contributed by atoms with E-state index in [1.807, 2.05) is 0 Å². The number of hydrogen-bond acceptors (Lipinski definition) is 4. The highest BCUT2D eigenvalue weighted by Crippen LogP contribution is 2.35. The molecule has 1 aliphatic heterocycles. The first kappa shape index (κ1) is 13.0. The summed E-state index contributed by atoms with van der Waals surface area (Å²) in [5.74, 6) is 0.819. The number of rotatable bonds is 1. The summed E-state index contributed by atoms with van der Waals surface area (Å²) in [7, 11) is 0. The predicted octanol–water partition coefficient (Wildman–Crippen LogP) is 3.85. The molecule has 0 aromatic carbocycles. The molecule has 96 valence electrons. The number of aromatic amines is 1. The highest BCUT2D eigenvalue weighted by atomic mass is 32.1. The summed E-state index contributed by atoms with van der Waals surface area (Å²) in [5, 5.41) is 8.21. The van der Waals surface area contributed by atoms with Gasteiger partial charge >= 0.3 is 0 Å². The van der Waals surface area contributed by atoms with Gasteiger partial charge in [-0.25, -0.2) is 0 Å². The molecule has 0 spiro atoms. The molecule has 1 N–H and O–H groups in total. The molecule has 1 aromatic heterocycles. The molecule has 1 fully saturated rings. The van der Waals surface area contributed by atoms with Crippen LogP contribution in [-0.2, 0) is 0 Å².